The lowest BCUT2D eigenvalue weighted by Gasteiger charge is -2.26. The number of carbonyl (C=O) groups is 3. The molecule has 2 N–H and O–H groups in total. The second-order valence-corrected chi connectivity index (χ2v) is 5.92. The van der Waals surface area contributed by atoms with Crippen LogP contribution in [-0.2, 0) is 9.59 Å². The van der Waals surface area contributed by atoms with Crippen LogP contribution in [0.3, 0.4) is 0 Å². The van der Waals surface area contributed by atoms with Crippen molar-refractivity contribution in [2.45, 2.75) is 0 Å². The standard InChI is InChI=1S/C17H10Cl2N2O4/c18-13-2-1-3-14(19)11(13)8-12-15(23)20-17(25)21(16(12)24)9-4-6-10(22)7-5-9/h1-8,22H,(H,20,23,25)/b12-8+. The molecule has 1 aliphatic rings. The number of nitrogens with one attached hydrogen (secondary N) is 1. The van der Waals surface area contributed by atoms with Crippen molar-refractivity contribution >= 4 is 52.8 Å². The first-order valence-corrected chi connectivity index (χ1v) is 7.78. The van der Waals surface area contributed by atoms with Gasteiger partial charge in [0.1, 0.15) is 11.3 Å². The zero-order valence-corrected chi connectivity index (χ0v) is 14.0. The molecule has 0 atom stereocenters. The van der Waals surface area contributed by atoms with E-state index in [4.69, 9.17) is 23.2 Å². The van der Waals surface area contributed by atoms with E-state index in [1.807, 2.05) is 0 Å². The Kier molecular flexibility index (Phi) is 4.48. The summed E-state index contributed by atoms with van der Waals surface area (Å²) in [6.07, 6.45) is 1.24. The number of anilines is 1. The minimum absolute atomic E-state index is 0.0247. The molecule has 3 rings (SSSR count). The molecule has 126 valence electrons. The molecule has 0 aromatic heterocycles. The number of benzene rings is 2. The van der Waals surface area contributed by atoms with Gasteiger partial charge in [-0.2, -0.15) is 0 Å². The molecule has 0 bridgehead atoms. The molecule has 0 aliphatic carbocycles. The van der Waals surface area contributed by atoms with Crippen LogP contribution in [0, 0.1) is 0 Å². The molecule has 1 fully saturated rings. The number of aromatic hydroxyl groups is 1. The van der Waals surface area contributed by atoms with Crippen LogP contribution in [0.1, 0.15) is 5.56 Å². The Bertz CT molecular complexity index is 902. The Labute approximate surface area is 152 Å². The lowest BCUT2D eigenvalue weighted by molar-refractivity contribution is -0.122. The molecule has 0 radical (unpaired) electrons. The quantitative estimate of drug-likeness (QED) is 0.621. The number of imide groups is 2. The lowest BCUT2D eigenvalue weighted by atomic mass is 10.1. The number of halogens is 2. The Balaban J connectivity index is 2.07. The molecular weight excluding hydrogens is 367 g/mol. The number of nitrogens with zero attached hydrogens (tertiary/aromatic N) is 1. The highest BCUT2D eigenvalue weighted by atomic mass is 35.5. The normalized spacial score (nSPS) is 16.3. The fourth-order valence-corrected chi connectivity index (χ4v) is 2.79. The summed E-state index contributed by atoms with van der Waals surface area (Å²) in [5.74, 6) is -1.69. The van der Waals surface area contributed by atoms with Gasteiger partial charge in [0.05, 0.1) is 5.69 Å². The van der Waals surface area contributed by atoms with E-state index in [0.717, 1.165) is 4.90 Å². The van der Waals surface area contributed by atoms with Crippen molar-refractivity contribution in [2.24, 2.45) is 0 Å². The second kappa shape index (κ2) is 6.58. The minimum atomic E-state index is -0.886. The maximum Gasteiger partial charge on any atom is 0.335 e. The van der Waals surface area contributed by atoms with Crippen LogP contribution < -0.4 is 10.2 Å². The van der Waals surface area contributed by atoms with Gasteiger partial charge in [-0.15, -0.1) is 0 Å². The molecule has 0 saturated carbocycles. The summed E-state index contributed by atoms with van der Waals surface area (Å²) in [4.78, 5) is 37.6. The Morgan fingerprint density at radius 2 is 1.56 bits per heavy atom. The van der Waals surface area contributed by atoms with Crippen molar-refractivity contribution < 1.29 is 19.5 Å². The van der Waals surface area contributed by atoms with Gasteiger partial charge in [0.15, 0.2) is 0 Å². The van der Waals surface area contributed by atoms with Gasteiger partial charge in [-0.3, -0.25) is 14.9 Å². The van der Waals surface area contributed by atoms with E-state index >= 15 is 0 Å². The van der Waals surface area contributed by atoms with Gasteiger partial charge in [-0.05, 0) is 42.5 Å². The van der Waals surface area contributed by atoms with Crippen molar-refractivity contribution in [3.63, 3.8) is 0 Å². The summed E-state index contributed by atoms with van der Waals surface area (Å²) >= 11 is 12.1. The molecular formula is C17H10Cl2N2O4. The molecule has 6 nitrogen and oxygen atoms in total. The third-order valence-corrected chi connectivity index (χ3v) is 4.16. The van der Waals surface area contributed by atoms with Crippen LogP contribution >= 0.6 is 23.2 Å². The Morgan fingerprint density at radius 3 is 2.16 bits per heavy atom. The van der Waals surface area contributed by atoms with Crippen LogP contribution in [-0.4, -0.2) is 23.0 Å². The molecule has 8 heteroatoms. The van der Waals surface area contributed by atoms with E-state index < -0.39 is 17.8 Å². The van der Waals surface area contributed by atoms with E-state index in [0.29, 0.717) is 5.56 Å². The number of barbiturate groups is 1. The second-order valence-electron chi connectivity index (χ2n) is 5.11. The first-order valence-electron chi connectivity index (χ1n) is 7.03. The highest BCUT2D eigenvalue weighted by Gasteiger charge is 2.37. The van der Waals surface area contributed by atoms with Crippen LogP contribution in [0.4, 0.5) is 10.5 Å². The van der Waals surface area contributed by atoms with Crippen molar-refractivity contribution in [3.05, 3.63) is 63.6 Å². The highest BCUT2D eigenvalue weighted by Crippen LogP contribution is 2.29. The van der Waals surface area contributed by atoms with E-state index in [9.17, 15) is 19.5 Å². The van der Waals surface area contributed by atoms with Gasteiger partial charge >= 0.3 is 6.03 Å². The topological polar surface area (TPSA) is 86.7 Å². The molecule has 2 aromatic rings. The monoisotopic (exact) mass is 376 g/mol. The number of hydrogen-bond donors (Lipinski definition) is 2. The van der Waals surface area contributed by atoms with Crippen molar-refractivity contribution in [3.8, 4) is 5.75 Å². The molecule has 2 aromatic carbocycles. The van der Waals surface area contributed by atoms with Gasteiger partial charge < -0.3 is 5.11 Å². The molecule has 25 heavy (non-hydrogen) atoms. The first-order chi connectivity index (χ1) is 11.9. The molecule has 1 heterocycles. The predicted molar refractivity (Wildman–Crippen MR) is 93.6 cm³/mol. The number of carbonyl (C=O) groups excluding carboxylic acids is 3. The highest BCUT2D eigenvalue weighted by molar-refractivity contribution is 6.41. The molecule has 4 amide bonds. The fourth-order valence-electron chi connectivity index (χ4n) is 2.29. The summed E-state index contributed by atoms with van der Waals surface area (Å²) in [5.41, 5.74) is 0.205. The number of urea groups is 1. The summed E-state index contributed by atoms with van der Waals surface area (Å²) in [6.45, 7) is 0. The van der Waals surface area contributed by atoms with Crippen molar-refractivity contribution in [1.82, 2.24) is 5.32 Å². The van der Waals surface area contributed by atoms with Crippen molar-refractivity contribution in [2.75, 3.05) is 4.90 Å². The summed E-state index contributed by atoms with van der Waals surface area (Å²) in [7, 11) is 0. The molecule has 1 aliphatic heterocycles. The predicted octanol–water partition coefficient (Wildman–Crippen LogP) is 3.37. The van der Waals surface area contributed by atoms with Crippen molar-refractivity contribution in [1.29, 1.82) is 0 Å². The number of phenols is 1. The number of hydrogen-bond acceptors (Lipinski definition) is 4. The zero-order valence-electron chi connectivity index (χ0n) is 12.5. The number of amides is 4. The van der Waals surface area contributed by atoms with Crippen LogP contribution in [0.15, 0.2) is 48.0 Å². The lowest BCUT2D eigenvalue weighted by Crippen LogP contribution is -2.54. The summed E-state index contributed by atoms with van der Waals surface area (Å²) in [5, 5.41) is 11.9. The van der Waals surface area contributed by atoms with Gasteiger partial charge in [0.25, 0.3) is 11.8 Å². The summed E-state index contributed by atoms with van der Waals surface area (Å²) < 4.78 is 0. The fraction of sp³-hybridized carbons (Fsp3) is 0. The van der Waals surface area contributed by atoms with Gasteiger partial charge in [0, 0.05) is 15.6 Å². The minimum Gasteiger partial charge on any atom is -0.508 e. The summed E-state index contributed by atoms with van der Waals surface area (Å²) in [6, 6.07) is 9.26. The van der Waals surface area contributed by atoms with Crippen LogP contribution in [0.25, 0.3) is 6.08 Å². The number of rotatable bonds is 2. The van der Waals surface area contributed by atoms with E-state index in [1.165, 1.54) is 30.3 Å². The van der Waals surface area contributed by atoms with Crippen LogP contribution in [0.2, 0.25) is 10.0 Å². The van der Waals surface area contributed by atoms with Crippen LogP contribution in [0.5, 0.6) is 5.75 Å². The average molecular weight is 377 g/mol. The van der Waals surface area contributed by atoms with E-state index in [1.54, 1.807) is 18.2 Å². The van der Waals surface area contributed by atoms with Gasteiger partial charge in [-0.25, -0.2) is 9.69 Å². The van der Waals surface area contributed by atoms with E-state index in [-0.39, 0.29) is 27.1 Å². The Morgan fingerprint density at radius 1 is 0.960 bits per heavy atom. The molecule has 1 saturated heterocycles. The average Bonchev–Trinajstić information content (AvgIpc) is 2.55. The first kappa shape index (κ1) is 17.0. The van der Waals surface area contributed by atoms with Gasteiger partial charge in [-0.1, -0.05) is 29.3 Å². The Hall–Kier alpha value is -2.83. The third kappa shape index (κ3) is 3.22. The third-order valence-electron chi connectivity index (χ3n) is 3.50. The molecule has 0 unspecified atom stereocenters. The zero-order chi connectivity index (χ0) is 18.1. The largest absolute Gasteiger partial charge is 0.508 e. The smallest absolute Gasteiger partial charge is 0.335 e. The number of phenolic OH excluding ortho intramolecular Hbond substituents is 1. The maximum atomic E-state index is 12.7. The van der Waals surface area contributed by atoms with E-state index in [2.05, 4.69) is 5.32 Å². The maximum absolute atomic E-state index is 12.7. The molecule has 0 spiro atoms. The SMILES string of the molecule is O=C1NC(=O)N(c2ccc(O)cc2)C(=O)/C1=C/c1c(Cl)cccc1Cl. The van der Waals surface area contributed by atoms with Gasteiger partial charge in [0.2, 0.25) is 0 Å².